The summed E-state index contributed by atoms with van der Waals surface area (Å²) in [7, 11) is 1.65. The summed E-state index contributed by atoms with van der Waals surface area (Å²) in [5.41, 5.74) is 6.48. The van der Waals surface area contributed by atoms with Gasteiger partial charge in [-0.2, -0.15) is 0 Å². The monoisotopic (exact) mass is 278 g/mol. The summed E-state index contributed by atoms with van der Waals surface area (Å²) in [4.78, 5) is 12.0. The molecule has 0 aliphatic rings. The normalized spacial score (nSPS) is 12.2. The van der Waals surface area contributed by atoms with Gasteiger partial charge in [-0.05, 0) is 31.4 Å². The van der Waals surface area contributed by atoms with Crippen LogP contribution in [0.15, 0.2) is 24.3 Å². The van der Waals surface area contributed by atoms with Crippen LogP contribution in [0.1, 0.15) is 44.7 Å². The third-order valence-corrected chi connectivity index (χ3v) is 3.16. The smallest absolute Gasteiger partial charge is 0.220 e. The number of carbonyl (C=O) groups is 1. The van der Waals surface area contributed by atoms with Crippen molar-refractivity contribution in [1.29, 1.82) is 0 Å². The minimum absolute atomic E-state index is 0.0172. The molecule has 0 saturated heterocycles. The maximum Gasteiger partial charge on any atom is 0.220 e. The number of carbonyl (C=O) groups excluding carboxylic acids is 1. The number of ether oxygens (including phenoxy) is 1. The third kappa shape index (κ3) is 5.21. The van der Waals surface area contributed by atoms with Gasteiger partial charge in [0.25, 0.3) is 0 Å². The number of rotatable bonds is 8. The van der Waals surface area contributed by atoms with Crippen LogP contribution in [-0.4, -0.2) is 19.6 Å². The predicted molar refractivity (Wildman–Crippen MR) is 81.6 cm³/mol. The first-order valence-electron chi connectivity index (χ1n) is 7.20. The van der Waals surface area contributed by atoms with Crippen molar-refractivity contribution in [1.82, 2.24) is 5.32 Å². The van der Waals surface area contributed by atoms with Crippen LogP contribution in [0.2, 0.25) is 0 Å². The predicted octanol–water partition coefficient (Wildman–Crippen LogP) is 2.64. The molecular weight excluding hydrogens is 252 g/mol. The molecule has 4 heteroatoms. The first-order chi connectivity index (χ1) is 9.58. The van der Waals surface area contributed by atoms with E-state index >= 15 is 0 Å². The standard InChI is InChI=1S/C16H26N2O2/c1-12(2)11-14(18-16(19)9-6-10-17)13-7-4-5-8-15(13)20-3/h4-5,7-8,12,14H,6,9-11,17H2,1-3H3,(H,18,19). The van der Waals surface area contributed by atoms with Gasteiger partial charge >= 0.3 is 0 Å². The fourth-order valence-corrected chi connectivity index (χ4v) is 2.22. The molecule has 0 bridgehead atoms. The quantitative estimate of drug-likeness (QED) is 0.768. The minimum Gasteiger partial charge on any atom is -0.496 e. The molecule has 1 rings (SSSR count). The molecule has 0 radical (unpaired) electrons. The Morgan fingerprint density at radius 3 is 2.65 bits per heavy atom. The van der Waals surface area contributed by atoms with Gasteiger partial charge in [0.2, 0.25) is 5.91 Å². The van der Waals surface area contributed by atoms with Crippen LogP contribution >= 0.6 is 0 Å². The van der Waals surface area contributed by atoms with Gasteiger partial charge in [-0.25, -0.2) is 0 Å². The molecule has 0 aromatic heterocycles. The Hall–Kier alpha value is -1.55. The molecule has 0 heterocycles. The molecule has 1 unspecified atom stereocenters. The Bertz CT molecular complexity index is 419. The molecule has 1 aromatic rings. The van der Waals surface area contributed by atoms with Crippen LogP contribution in [0.4, 0.5) is 0 Å². The van der Waals surface area contributed by atoms with E-state index in [1.54, 1.807) is 7.11 Å². The minimum atomic E-state index is -0.0172. The van der Waals surface area contributed by atoms with Crippen molar-refractivity contribution >= 4 is 5.91 Å². The summed E-state index contributed by atoms with van der Waals surface area (Å²) in [5, 5.41) is 3.10. The van der Waals surface area contributed by atoms with Gasteiger partial charge in [-0.1, -0.05) is 32.0 Å². The Labute approximate surface area is 121 Å². The van der Waals surface area contributed by atoms with E-state index in [2.05, 4.69) is 19.2 Å². The molecule has 20 heavy (non-hydrogen) atoms. The number of benzene rings is 1. The van der Waals surface area contributed by atoms with E-state index < -0.39 is 0 Å². The van der Waals surface area contributed by atoms with Crippen molar-refractivity contribution in [2.24, 2.45) is 11.7 Å². The Morgan fingerprint density at radius 1 is 1.35 bits per heavy atom. The van der Waals surface area contributed by atoms with Crippen molar-refractivity contribution in [3.8, 4) is 5.75 Å². The van der Waals surface area contributed by atoms with Gasteiger partial charge in [0.1, 0.15) is 5.75 Å². The zero-order chi connectivity index (χ0) is 15.0. The topological polar surface area (TPSA) is 64.3 Å². The van der Waals surface area contributed by atoms with Crippen LogP contribution in [0, 0.1) is 5.92 Å². The van der Waals surface area contributed by atoms with Crippen LogP contribution in [-0.2, 0) is 4.79 Å². The molecule has 1 atom stereocenters. The van der Waals surface area contributed by atoms with Gasteiger partial charge < -0.3 is 15.8 Å². The first-order valence-corrected chi connectivity index (χ1v) is 7.20. The number of hydrogen-bond donors (Lipinski definition) is 2. The summed E-state index contributed by atoms with van der Waals surface area (Å²) in [5.74, 6) is 1.35. The molecule has 0 saturated carbocycles. The highest BCUT2D eigenvalue weighted by molar-refractivity contribution is 5.76. The van der Waals surface area contributed by atoms with E-state index in [1.165, 1.54) is 0 Å². The average molecular weight is 278 g/mol. The lowest BCUT2D eigenvalue weighted by Gasteiger charge is -2.23. The van der Waals surface area contributed by atoms with Crippen LogP contribution in [0.3, 0.4) is 0 Å². The number of hydrogen-bond acceptors (Lipinski definition) is 3. The van der Waals surface area contributed by atoms with Crippen molar-refractivity contribution in [3.63, 3.8) is 0 Å². The second-order valence-corrected chi connectivity index (χ2v) is 5.38. The van der Waals surface area contributed by atoms with Crippen LogP contribution in [0.5, 0.6) is 5.75 Å². The van der Waals surface area contributed by atoms with Crippen molar-refractivity contribution < 1.29 is 9.53 Å². The van der Waals surface area contributed by atoms with Crippen molar-refractivity contribution in [2.75, 3.05) is 13.7 Å². The molecule has 1 amide bonds. The molecule has 112 valence electrons. The molecule has 0 aliphatic heterocycles. The second-order valence-electron chi connectivity index (χ2n) is 5.38. The fourth-order valence-electron chi connectivity index (χ4n) is 2.22. The summed E-state index contributed by atoms with van der Waals surface area (Å²) in [6, 6.07) is 7.82. The van der Waals surface area contributed by atoms with Gasteiger partial charge in [0.05, 0.1) is 13.2 Å². The van der Waals surface area contributed by atoms with E-state index in [1.807, 2.05) is 24.3 Å². The molecule has 1 aromatic carbocycles. The zero-order valence-electron chi connectivity index (χ0n) is 12.7. The van der Waals surface area contributed by atoms with E-state index in [-0.39, 0.29) is 11.9 Å². The molecule has 4 nitrogen and oxygen atoms in total. The zero-order valence-corrected chi connectivity index (χ0v) is 12.7. The van der Waals surface area contributed by atoms with Crippen molar-refractivity contribution in [2.45, 2.75) is 39.2 Å². The Morgan fingerprint density at radius 2 is 2.05 bits per heavy atom. The third-order valence-electron chi connectivity index (χ3n) is 3.16. The molecular formula is C16H26N2O2. The second kappa shape index (κ2) is 8.59. The van der Waals surface area contributed by atoms with Crippen LogP contribution in [0.25, 0.3) is 0 Å². The first kappa shape index (κ1) is 16.5. The number of nitrogens with two attached hydrogens (primary N) is 1. The lowest BCUT2D eigenvalue weighted by Crippen LogP contribution is -2.30. The van der Waals surface area contributed by atoms with Crippen LogP contribution < -0.4 is 15.8 Å². The summed E-state index contributed by atoms with van der Waals surface area (Å²) in [6.07, 6.45) is 2.07. The highest BCUT2D eigenvalue weighted by Crippen LogP contribution is 2.29. The molecule has 0 spiro atoms. The lowest BCUT2D eigenvalue weighted by atomic mass is 9.96. The SMILES string of the molecule is COc1ccccc1C(CC(C)C)NC(=O)CCCN. The van der Waals surface area contributed by atoms with Gasteiger partial charge in [-0.15, -0.1) is 0 Å². The van der Waals surface area contributed by atoms with Gasteiger partial charge in [0, 0.05) is 12.0 Å². The highest BCUT2D eigenvalue weighted by atomic mass is 16.5. The number of amides is 1. The Balaban J connectivity index is 2.85. The lowest BCUT2D eigenvalue weighted by molar-refractivity contribution is -0.122. The average Bonchev–Trinajstić information content (AvgIpc) is 2.43. The van der Waals surface area contributed by atoms with Gasteiger partial charge in [0.15, 0.2) is 0 Å². The van der Waals surface area contributed by atoms with E-state index in [4.69, 9.17) is 10.5 Å². The summed E-state index contributed by atoms with van der Waals surface area (Å²) in [6.45, 7) is 4.83. The van der Waals surface area contributed by atoms with Crippen molar-refractivity contribution in [3.05, 3.63) is 29.8 Å². The fraction of sp³-hybridized carbons (Fsp3) is 0.562. The molecule has 0 fully saturated rings. The Kier molecular flexibility index (Phi) is 7.09. The number of methoxy groups -OCH3 is 1. The van der Waals surface area contributed by atoms with Gasteiger partial charge in [-0.3, -0.25) is 4.79 Å². The molecule has 3 N–H and O–H groups in total. The maximum atomic E-state index is 12.0. The summed E-state index contributed by atoms with van der Waals surface area (Å²) < 4.78 is 5.40. The number of para-hydroxylation sites is 1. The largest absolute Gasteiger partial charge is 0.496 e. The summed E-state index contributed by atoms with van der Waals surface area (Å²) >= 11 is 0. The van der Waals surface area contributed by atoms with E-state index in [9.17, 15) is 4.79 Å². The number of nitrogens with one attached hydrogen (secondary N) is 1. The maximum absolute atomic E-state index is 12.0. The molecule has 0 aliphatic carbocycles. The van der Waals surface area contributed by atoms with E-state index in [0.29, 0.717) is 25.3 Å². The van der Waals surface area contributed by atoms with E-state index in [0.717, 1.165) is 17.7 Å². The highest BCUT2D eigenvalue weighted by Gasteiger charge is 2.19.